The Morgan fingerprint density at radius 3 is 2.50 bits per heavy atom. The Balaban J connectivity index is 1.70. The molecule has 0 N–H and O–H groups in total. The lowest BCUT2D eigenvalue weighted by Crippen LogP contribution is -2.49. The smallest absolute Gasteiger partial charge is 0.254 e. The number of aromatic nitrogens is 1. The minimum atomic E-state index is -0.0369. The van der Waals surface area contributed by atoms with E-state index in [1.165, 1.54) is 0 Å². The van der Waals surface area contributed by atoms with Gasteiger partial charge in [0.15, 0.2) is 11.5 Å². The average Bonchev–Trinajstić information content (AvgIpc) is 2.75. The van der Waals surface area contributed by atoms with Crippen molar-refractivity contribution in [2.24, 2.45) is 0 Å². The van der Waals surface area contributed by atoms with Crippen LogP contribution < -0.4 is 14.4 Å². The van der Waals surface area contributed by atoms with E-state index in [2.05, 4.69) is 11.1 Å². The number of ether oxygens (including phenoxy) is 2. The van der Waals surface area contributed by atoms with Crippen LogP contribution in [0.2, 0.25) is 0 Å². The minimum Gasteiger partial charge on any atom is -0.490 e. The van der Waals surface area contributed by atoms with Crippen molar-refractivity contribution in [1.82, 2.24) is 9.88 Å². The molecule has 1 aromatic heterocycles. The third-order valence-corrected chi connectivity index (χ3v) is 4.56. The summed E-state index contributed by atoms with van der Waals surface area (Å²) in [6.45, 7) is 7.24. The Kier molecular flexibility index (Phi) is 6.33. The predicted octanol–water partition coefficient (Wildman–Crippen LogP) is 2.71. The lowest BCUT2D eigenvalue weighted by Gasteiger charge is -2.35. The summed E-state index contributed by atoms with van der Waals surface area (Å²) >= 11 is 0. The van der Waals surface area contributed by atoms with E-state index in [9.17, 15) is 10.1 Å². The number of amides is 1. The molecule has 1 aliphatic rings. The van der Waals surface area contributed by atoms with E-state index in [1.807, 2.05) is 23.6 Å². The van der Waals surface area contributed by atoms with Gasteiger partial charge >= 0.3 is 0 Å². The zero-order valence-electron chi connectivity index (χ0n) is 16.2. The van der Waals surface area contributed by atoms with Gasteiger partial charge in [0.25, 0.3) is 5.91 Å². The number of benzene rings is 1. The summed E-state index contributed by atoms with van der Waals surface area (Å²) < 4.78 is 11.2. The molecule has 2 aromatic rings. The highest BCUT2D eigenvalue weighted by Crippen LogP contribution is 2.29. The Morgan fingerprint density at radius 2 is 1.82 bits per heavy atom. The van der Waals surface area contributed by atoms with Crippen LogP contribution in [0.25, 0.3) is 0 Å². The van der Waals surface area contributed by atoms with Crippen LogP contribution in [0.15, 0.2) is 36.5 Å². The van der Waals surface area contributed by atoms with Crippen LogP contribution in [0.4, 0.5) is 5.82 Å². The van der Waals surface area contributed by atoms with Gasteiger partial charge < -0.3 is 19.3 Å². The number of nitrogens with zero attached hydrogens (tertiary/aromatic N) is 4. The molecule has 0 radical (unpaired) electrons. The molecule has 7 heteroatoms. The van der Waals surface area contributed by atoms with Crippen LogP contribution in [-0.4, -0.2) is 55.2 Å². The van der Waals surface area contributed by atoms with Gasteiger partial charge in [0, 0.05) is 37.9 Å². The standard InChI is InChI=1S/C21H24N4O3/c1-3-27-18-8-7-16(14-19(18)28-4-2)21(26)25-12-10-24(11-13-25)20-17(15-22)6-5-9-23-20/h5-9,14H,3-4,10-13H2,1-2H3. The summed E-state index contributed by atoms with van der Waals surface area (Å²) in [5.41, 5.74) is 1.13. The largest absolute Gasteiger partial charge is 0.490 e. The van der Waals surface area contributed by atoms with Crippen molar-refractivity contribution in [3.63, 3.8) is 0 Å². The van der Waals surface area contributed by atoms with E-state index in [1.54, 1.807) is 36.5 Å². The fourth-order valence-corrected chi connectivity index (χ4v) is 3.22. The topological polar surface area (TPSA) is 78.7 Å². The maximum atomic E-state index is 12.9. The van der Waals surface area contributed by atoms with Crippen molar-refractivity contribution in [1.29, 1.82) is 5.26 Å². The van der Waals surface area contributed by atoms with Crippen LogP contribution >= 0.6 is 0 Å². The number of hydrogen-bond acceptors (Lipinski definition) is 6. The summed E-state index contributed by atoms with van der Waals surface area (Å²) in [4.78, 5) is 21.1. The third-order valence-electron chi connectivity index (χ3n) is 4.56. The van der Waals surface area contributed by atoms with Gasteiger partial charge in [-0.2, -0.15) is 5.26 Å². The summed E-state index contributed by atoms with van der Waals surface area (Å²) in [5.74, 6) is 1.87. The molecule has 1 aliphatic heterocycles. The van der Waals surface area contributed by atoms with Gasteiger partial charge in [0.2, 0.25) is 0 Å². The van der Waals surface area contributed by atoms with E-state index in [4.69, 9.17) is 9.47 Å². The summed E-state index contributed by atoms with van der Waals surface area (Å²) in [5, 5.41) is 9.26. The highest BCUT2D eigenvalue weighted by atomic mass is 16.5. The molecule has 3 rings (SSSR count). The highest BCUT2D eigenvalue weighted by Gasteiger charge is 2.24. The molecule has 0 spiro atoms. The number of hydrogen-bond donors (Lipinski definition) is 0. The molecule has 0 atom stereocenters. The first-order chi connectivity index (χ1) is 13.7. The van der Waals surface area contributed by atoms with Gasteiger partial charge in [-0.1, -0.05) is 0 Å². The summed E-state index contributed by atoms with van der Waals surface area (Å²) in [6.07, 6.45) is 1.68. The minimum absolute atomic E-state index is 0.0369. The van der Waals surface area contributed by atoms with E-state index in [0.29, 0.717) is 67.8 Å². The second-order valence-electron chi connectivity index (χ2n) is 6.29. The lowest BCUT2D eigenvalue weighted by atomic mass is 10.1. The lowest BCUT2D eigenvalue weighted by molar-refractivity contribution is 0.0746. The molecular formula is C21H24N4O3. The van der Waals surface area contributed by atoms with E-state index in [-0.39, 0.29) is 5.91 Å². The SMILES string of the molecule is CCOc1ccc(C(=O)N2CCN(c3ncccc3C#N)CC2)cc1OCC. The molecule has 0 aliphatic carbocycles. The first kappa shape index (κ1) is 19.5. The molecular weight excluding hydrogens is 356 g/mol. The summed E-state index contributed by atoms with van der Waals surface area (Å²) in [7, 11) is 0. The van der Waals surface area contributed by atoms with Crippen molar-refractivity contribution in [3.8, 4) is 17.6 Å². The molecule has 146 valence electrons. The van der Waals surface area contributed by atoms with Gasteiger partial charge in [-0.25, -0.2) is 4.98 Å². The third kappa shape index (κ3) is 4.17. The normalized spacial score (nSPS) is 13.8. The molecule has 0 unspecified atom stereocenters. The highest BCUT2D eigenvalue weighted by molar-refractivity contribution is 5.95. The number of carbonyl (C=O) groups excluding carboxylic acids is 1. The van der Waals surface area contributed by atoms with Crippen molar-refractivity contribution in [2.45, 2.75) is 13.8 Å². The van der Waals surface area contributed by atoms with Crippen molar-refractivity contribution in [3.05, 3.63) is 47.7 Å². The monoisotopic (exact) mass is 380 g/mol. The number of nitriles is 1. The molecule has 28 heavy (non-hydrogen) atoms. The molecule has 1 fully saturated rings. The van der Waals surface area contributed by atoms with Gasteiger partial charge in [-0.15, -0.1) is 0 Å². The molecule has 1 aromatic carbocycles. The number of piperazine rings is 1. The van der Waals surface area contributed by atoms with Crippen LogP contribution in [0.1, 0.15) is 29.8 Å². The zero-order valence-corrected chi connectivity index (χ0v) is 16.2. The van der Waals surface area contributed by atoms with Crippen molar-refractivity contribution >= 4 is 11.7 Å². The fourth-order valence-electron chi connectivity index (χ4n) is 3.22. The second-order valence-corrected chi connectivity index (χ2v) is 6.29. The average molecular weight is 380 g/mol. The van der Waals surface area contributed by atoms with Crippen LogP contribution in [0.3, 0.4) is 0 Å². The Hall–Kier alpha value is -3.27. The molecule has 2 heterocycles. The van der Waals surface area contributed by atoms with E-state index < -0.39 is 0 Å². The second kappa shape index (κ2) is 9.09. The predicted molar refractivity (Wildman–Crippen MR) is 106 cm³/mol. The first-order valence-corrected chi connectivity index (χ1v) is 9.46. The van der Waals surface area contributed by atoms with Crippen LogP contribution in [0.5, 0.6) is 11.5 Å². The van der Waals surface area contributed by atoms with Crippen molar-refractivity contribution in [2.75, 3.05) is 44.3 Å². The molecule has 1 saturated heterocycles. The van der Waals surface area contributed by atoms with Crippen LogP contribution in [0, 0.1) is 11.3 Å². The summed E-state index contributed by atoms with van der Waals surface area (Å²) in [6, 6.07) is 11.0. The molecule has 0 bridgehead atoms. The van der Waals surface area contributed by atoms with E-state index >= 15 is 0 Å². The maximum Gasteiger partial charge on any atom is 0.254 e. The van der Waals surface area contributed by atoms with Gasteiger partial charge in [0.05, 0.1) is 18.8 Å². The van der Waals surface area contributed by atoms with Gasteiger partial charge in [-0.3, -0.25) is 4.79 Å². The molecule has 0 saturated carbocycles. The van der Waals surface area contributed by atoms with E-state index in [0.717, 1.165) is 0 Å². The van der Waals surface area contributed by atoms with Gasteiger partial charge in [0.1, 0.15) is 11.9 Å². The number of anilines is 1. The van der Waals surface area contributed by atoms with Gasteiger partial charge in [-0.05, 0) is 44.2 Å². The van der Waals surface area contributed by atoms with Crippen molar-refractivity contribution < 1.29 is 14.3 Å². The van der Waals surface area contributed by atoms with Crippen LogP contribution in [-0.2, 0) is 0 Å². The number of rotatable bonds is 6. The quantitative estimate of drug-likeness (QED) is 0.767. The number of pyridine rings is 1. The molecule has 1 amide bonds. The Morgan fingerprint density at radius 1 is 1.11 bits per heavy atom. The number of carbonyl (C=O) groups is 1. The Labute approximate surface area is 165 Å². The fraction of sp³-hybridized carbons (Fsp3) is 0.381. The zero-order chi connectivity index (χ0) is 19.9. The first-order valence-electron chi connectivity index (χ1n) is 9.46. The molecule has 7 nitrogen and oxygen atoms in total. The Bertz CT molecular complexity index is 870. The maximum absolute atomic E-state index is 12.9.